The maximum atomic E-state index is 12.9. The molecular formula is C19H15FN4O4S2. The van der Waals surface area contributed by atoms with E-state index in [1.165, 1.54) is 58.5 Å². The standard InChI is InChI=1S/C19H15FN4O4S2/c1-30(26,27)14-6-7-15-17(10-14)29-19(21-15)22-18(25)16-8-9-24(23-16)11-28-13-4-2-12(20)3-5-13/h2-10H,11H2,1H3,(H,21,22,25). The van der Waals surface area contributed by atoms with Crippen molar-refractivity contribution in [3.05, 3.63) is 66.2 Å². The predicted octanol–water partition coefficient (Wildman–Crippen LogP) is 3.32. The van der Waals surface area contributed by atoms with E-state index in [0.717, 1.165) is 6.26 Å². The Labute approximate surface area is 174 Å². The number of nitrogens with one attached hydrogen (secondary N) is 1. The van der Waals surface area contributed by atoms with Gasteiger partial charge in [-0.3, -0.25) is 10.1 Å². The molecule has 0 spiro atoms. The molecule has 0 atom stereocenters. The van der Waals surface area contributed by atoms with Crippen LogP contribution in [-0.2, 0) is 16.6 Å². The Morgan fingerprint density at radius 3 is 2.70 bits per heavy atom. The van der Waals surface area contributed by atoms with Gasteiger partial charge in [0.1, 0.15) is 11.6 Å². The molecule has 1 amide bonds. The minimum Gasteiger partial charge on any atom is -0.471 e. The molecule has 0 unspecified atom stereocenters. The number of rotatable bonds is 6. The van der Waals surface area contributed by atoms with E-state index in [4.69, 9.17) is 4.74 Å². The van der Waals surface area contributed by atoms with Crippen molar-refractivity contribution in [1.29, 1.82) is 0 Å². The Bertz CT molecular complexity index is 1330. The van der Waals surface area contributed by atoms with Crippen LogP contribution in [0.3, 0.4) is 0 Å². The second kappa shape index (κ2) is 7.84. The summed E-state index contributed by atoms with van der Waals surface area (Å²) in [4.78, 5) is 16.9. The third-order valence-corrected chi connectivity index (χ3v) is 6.10. The van der Waals surface area contributed by atoms with Crippen molar-refractivity contribution in [1.82, 2.24) is 14.8 Å². The van der Waals surface area contributed by atoms with Gasteiger partial charge in [-0.05, 0) is 48.5 Å². The van der Waals surface area contributed by atoms with Gasteiger partial charge in [0, 0.05) is 12.5 Å². The molecule has 0 saturated heterocycles. The van der Waals surface area contributed by atoms with E-state index in [-0.39, 0.29) is 23.1 Å². The number of aromatic nitrogens is 3. The summed E-state index contributed by atoms with van der Waals surface area (Å²) in [6.07, 6.45) is 2.71. The van der Waals surface area contributed by atoms with Gasteiger partial charge in [-0.25, -0.2) is 22.5 Å². The topological polar surface area (TPSA) is 103 Å². The lowest BCUT2D eigenvalue weighted by Crippen LogP contribution is -2.14. The third-order valence-electron chi connectivity index (χ3n) is 4.06. The lowest BCUT2D eigenvalue weighted by molar-refractivity contribution is 0.102. The fourth-order valence-corrected chi connectivity index (χ4v) is 4.20. The Hall–Kier alpha value is -3.31. The van der Waals surface area contributed by atoms with Gasteiger partial charge in [-0.15, -0.1) is 0 Å². The van der Waals surface area contributed by atoms with Crippen molar-refractivity contribution in [2.45, 2.75) is 11.6 Å². The molecule has 154 valence electrons. The molecular weight excluding hydrogens is 431 g/mol. The number of fused-ring (bicyclic) bond motifs is 1. The van der Waals surface area contributed by atoms with E-state index in [9.17, 15) is 17.6 Å². The van der Waals surface area contributed by atoms with Gasteiger partial charge in [-0.1, -0.05) is 11.3 Å². The van der Waals surface area contributed by atoms with Crippen LogP contribution in [0.25, 0.3) is 10.2 Å². The van der Waals surface area contributed by atoms with Gasteiger partial charge in [0.25, 0.3) is 5.91 Å². The molecule has 1 N–H and O–H groups in total. The molecule has 2 aromatic heterocycles. The minimum atomic E-state index is -3.33. The number of hydrogen-bond acceptors (Lipinski definition) is 7. The molecule has 0 radical (unpaired) electrons. The quantitative estimate of drug-likeness (QED) is 0.487. The van der Waals surface area contributed by atoms with Gasteiger partial charge in [0.2, 0.25) is 0 Å². The monoisotopic (exact) mass is 446 g/mol. The average molecular weight is 446 g/mol. The summed E-state index contributed by atoms with van der Waals surface area (Å²) in [5, 5.41) is 7.13. The van der Waals surface area contributed by atoms with E-state index in [1.54, 1.807) is 12.3 Å². The number of anilines is 1. The minimum absolute atomic E-state index is 0.0499. The van der Waals surface area contributed by atoms with Gasteiger partial charge < -0.3 is 4.74 Å². The molecule has 4 rings (SSSR count). The number of nitrogens with zero attached hydrogens (tertiary/aromatic N) is 3. The Balaban J connectivity index is 1.43. The first-order valence-corrected chi connectivity index (χ1v) is 11.3. The highest BCUT2D eigenvalue weighted by Gasteiger charge is 2.15. The van der Waals surface area contributed by atoms with Crippen LogP contribution in [0, 0.1) is 5.82 Å². The SMILES string of the molecule is CS(=O)(=O)c1ccc2nc(NC(=O)c3ccn(COc4ccc(F)cc4)n3)sc2c1. The Kier molecular flexibility index (Phi) is 5.22. The largest absolute Gasteiger partial charge is 0.471 e. The lowest BCUT2D eigenvalue weighted by atomic mass is 10.3. The molecule has 2 heterocycles. The molecule has 0 fully saturated rings. The molecule has 2 aromatic carbocycles. The van der Waals surface area contributed by atoms with Crippen LogP contribution >= 0.6 is 11.3 Å². The number of benzene rings is 2. The van der Waals surface area contributed by atoms with Gasteiger partial charge in [-0.2, -0.15) is 5.10 Å². The molecule has 0 bridgehead atoms. The second-order valence-corrected chi connectivity index (χ2v) is 9.39. The van der Waals surface area contributed by atoms with Crippen LogP contribution in [0.2, 0.25) is 0 Å². The molecule has 0 aliphatic rings. The summed E-state index contributed by atoms with van der Waals surface area (Å²) in [5.74, 6) is -0.346. The average Bonchev–Trinajstić information content (AvgIpc) is 3.32. The zero-order valence-electron chi connectivity index (χ0n) is 15.6. The van der Waals surface area contributed by atoms with E-state index in [2.05, 4.69) is 15.4 Å². The highest BCUT2D eigenvalue weighted by Crippen LogP contribution is 2.28. The molecule has 11 heteroatoms. The van der Waals surface area contributed by atoms with Crippen LogP contribution in [0.15, 0.2) is 59.6 Å². The van der Waals surface area contributed by atoms with Crippen molar-refractivity contribution in [2.24, 2.45) is 0 Å². The van der Waals surface area contributed by atoms with Crippen molar-refractivity contribution in [3.63, 3.8) is 0 Å². The van der Waals surface area contributed by atoms with E-state index in [0.29, 0.717) is 21.1 Å². The van der Waals surface area contributed by atoms with Crippen LogP contribution in [0.4, 0.5) is 9.52 Å². The van der Waals surface area contributed by atoms with E-state index >= 15 is 0 Å². The molecule has 8 nitrogen and oxygen atoms in total. The summed E-state index contributed by atoms with van der Waals surface area (Å²) >= 11 is 1.17. The van der Waals surface area contributed by atoms with Crippen molar-refractivity contribution in [2.75, 3.05) is 11.6 Å². The number of hydrogen-bond donors (Lipinski definition) is 1. The molecule has 0 saturated carbocycles. The number of thiazole rings is 1. The first-order chi connectivity index (χ1) is 14.3. The summed E-state index contributed by atoms with van der Waals surface area (Å²) in [7, 11) is -3.33. The fourth-order valence-electron chi connectivity index (χ4n) is 2.58. The number of sulfone groups is 1. The van der Waals surface area contributed by atoms with Crippen LogP contribution in [0.5, 0.6) is 5.75 Å². The van der Waals surface area contributed by atoms with Crippen molar-refractivity contribution < 1.29 is 22.3 Å². The smallest absolute Gasteiger partial charge is 0.277 e. The summed E-state index contributed by atoms with van der Waals surface area (Å²) in [6.45, 7) is 0.0499. The van der Waals surface area contributed by atoms with Crippen LogP contribution in [0.1, 0.15) is 10.5 Å². The predicted molar refractivity (Wildman–Crippen MR) is 110 cm³/mol. The van der Waals surface area contributed by atoms with Gasteiger partial charge in [0.05, 0.1) is 15.1 Å². The number of amides is 1. The maximum absolute atomic E-state index is 12.9. The van der Waals surface area contributed by atoms with Gasteiger partial charge in [0.15, 0.2) is 27.4 Å². The zero-order valence-corrected chi connectivity index (χ0v) is 17.2. The van der Waals surface area contributed by atoms with E-state index < -0.39 is 15.7 Å². The summed E-state index contributed by atoms with van der Waals surface area (Å²) < 4.78 is 43.8. The lowest BCUT2D eigenvalue weighted by Gasteiger charge is -2.05. The van der Waals surface area contributed by atoms with Crippen LogP contribution < -0.4 is 10.1 Å². The first kappa shape index (κ1) is 20.0. The summed E-state index contributed by atoms with van der Waals surface area (Å²) in [5.41, 5.74) is 0.745. The molecule has 0 aliphatic heterocycles. The fraction of sp³-hybridized carbons (Fsp3) is 0.105. The Morgan fingerprint density at radius 2 is 1.97 bits per heavy atom. The summed E-state index contributed by atoms with van der Waals surface area (Å²) in [6, 6.07) is 11.7. The van der Waals surface area contributed by atoms with Crippen molar-refractivity contribution >= 4 is 42.4 Å². The first-order valence-electron chi connectivity index (χ1n) is 8.62. The van der Waals surface area contributed by atoms with Crippen LogP contribution in [-0.4, -0.2) is 35.3 Å². The second-order valence-electron chi connectivity index (χ2n) is 6.34. The number of carbonyl (C=O) groups is 1. The van der Waals surface area contributed by atoms with E-state index in [1.807, 2.05) is 0 Å². The Morgan fingerprint density at radius 1 is 1.20 bits per heavy atom. The molecule has 4 aromatic rings. The highest BCUT2D eigenvalue weighted by molar-refractivity contribution is 7.90. The van der Waals surface area contributed by atoms with Crippen molar-refractivity contribution in [3.8, 4) is 5.75 Å². The maximum Gasteiger partial charge on any atom is 0.277 e. The third kappa shape index (κ3) is 4.47. The highest BCUT2D eigenvalue weighted by atomic mass is 32.2. The molecule has 0 aliphatic carbocycles. The number of carbonyl (C=O) groups excluding carboxylic acids is 1. The number of halogens is 1. The number of ether oxygens (including phenoxy) is 1. The molecule has 30 heavy (non-hydrogen) atoms. The zero-order chi connectivity index (χ0) is 21.3. The normalized spacial score (nSPS) is 11.5. The van der Waals surface area contributed by atoms with Gasteiger partial charge >= 0.3 is 0 Å².